The molecule has 0 aliphatic carbocycles. The quantitative estimate of drug-likeness (QED) is 0.101. The SMILES string of the molecule is COC(=O)NC(C(=O)N1CCC[C@H]1c1ncc(-c2ccc3cc(-c4ccc(-c5cnc([C@@H]6CCCN6C(=O)[C@](C)(NC(=O)OC)c6ccccc6)[nH]5)cc4)ccc3c2)[nH]1)C(C)C. The number of amides is 4. The summed E-state index contributed by atoms with van der Waals surface area (Å²) in [5.41, 5.74) is 5.16. The Bertz CT molecular complexity index is 2590. The first-order valence-corrected chi connectivity index (χ1v) is 21.1. The number of likely N-dealkylation sites (tertiary alicyclic amines) is 2. The fraction of sp³-hybridized carbons (Fsp3) is 0.333. The summed E-state index contributed by atoms with van der Waals surface area (Å²) in [4.78, 5) is 72.3. The van der Waals surface area contributed by atoms with Crippen LogP contribution in [0.15, 0.2) is 103 Å². The van der Waals surface area contributed by atoms with Crippen molar-refractivity contribution in [2.24, 2.45) is 5.92 Å². The molecule has 2 fully saturated rings. The second kappa shape index (κ2) is 17.6. The number of H-pyrrole nitrogens is 2. The van der Waals surface area contributed by atoms with Gasteiger partial charge in [0.2, 0.25) is 5.91 Å². The molecular weight excluding hydrogens is 785 g/mol. The van der Waals surface area contributed by atoms with Crippen LogP contribution in [0.4, 0.5) is 9.59 Å². The van der Waals surface area contributed by atoms with E-state index in [1.54, 1.807) is 18.0 Å². The van der Waals surface area contributed by atoms with Crippen LogP contribution >= 0.6 is 0 Å². The average Bonchev–Trinajstić information content (AvgIpc) is 4.15. The predicted octanol–water partition coefficient (Wildman–Crippen LogP) is 8.27. The highest BCUT2D eigenvalue weighted by atomic mass is 16.5. The molecular formula is C48H52N8O6. The van der Waals surface area contributed by atoms with Crippen molar-refractivity contribution in [1.29, 1.82) is 0 Å². The number of hydrogen-bond acceptors (Lipinski definition) is 8. The molecule has 4 atom stereocenters. The molecule has 0 bridgehead atoms. The molecule has 1 unspecified atom stereocenters. The predicted molar refractivity (Wildman–Crippen MR) is 235 cm³/mol. The molecule has 6 aromatic rings. The van der Waals surface area contributed by atoms with Crippen molar-refractivity contribution in [2.45, 2.75) is 70.1 Å². The standard InChI is InChI=1S/C48H52N8O6/c1-29(2)41(53-46(59)61-4)44(57)55-23-9-13-39(55)42-50-28-38(52-42)35-22-21-33-25-32(19-20-34(33)26-35)30-15-17-31(18-16-30)37-27-49-43(51-37)40-14-10-24-56(40)45(58)48(3,54-47(60)62-5)36-11-7-6-8-12-36/h6-8,11-12,15-22,25-29,39-41H,9-10,13-14,23-24H2,1-5H3,(H,49,51)(H,50,52)(H,53,59)(H,54,60)/t39-,40-,41?,48+/m0/s1. The van der Waals surface area contributed by atoms with Crippen molar-refractivity contribution in [3.8, 4) is 33.6 Å². The zero-order valence-corrected chi connectivity index (χ0v) is 35.6. The minimum atomic E-state index is -1.33. The van der Waals surface area contributed by atoms with Gasteiger partial charge in [0.15, 0.2) is 0 Å². The zero-order valence-electron chi connectivity index (χ0n) is 35.6. The summed E-state index contributed by atoms with van der Waals surface area (Å²) in [6, 6.07) is 29.1. The summed E-state index contributed by atoms with van der Waals surface area (Å²) in [6.07, 6.45) is 5.50. The van der Waals surface area contributed by atoms with E-state index < -0.39 is 23.8 Å². The van der Waals surface area contributed by atoms with Crippen molar-refractivity contribution >= 4 is 34.8 Å². The van der Waals surface area contributed by atoms with Crippen LogP contribution in [0.25, 0.3) is 44.4 Å². The molecule has 14 nitrogen and oxygen atoms in total. The second-order valence-corrected chi connectivity index (χ2v) is 16.5. The summed E-state index contributed by atoms with van der Waals surface area (Å²) in [5.74, 6) is 0.948. The van der Waals surface area contributed by atoms with E-state index in [1.807, 2.05) is 55.3 Å². The van der Waals surface area contributed by atoms with Crippen LogP contribution in [0.5, 0.6) is 0 Å². The molecule has 8 rings (SSSR count). The number of aromatic nitrogens is 4. The van der Waals surface area contributed by atoms with E-state index in [4.69, 9.17) is 19.4 Å². The maximum atomic E-state index is 14.2. The maximum absolute atomic E-state index is 14.2. The number of imidazole rings is 2. The Balaban J connectivity index is 0.950. The third kappa shape index (κ3) is 8.24. The average molecular weight is 837 g/mol. The van der Waals surface area contributed by atoms with Crippen molar-refractivity contribution in [3.05, 3.63) is 121 Å². The van der Waals surface area contributed by atoms with Gasteiger partial charge in [-0.25, -0.2) is 19.6 Å². The van der Waals surface area contributed by atoms with Crippen molar-refractivity contribution in [3.63, 3.8) is 0 Å². The minimum Gasteiger partial charge on any atom is -0.453 e. The molecule has 62 heavy (non-hydrogen) atoms. The Hall–Kier alpha value is -6.96. The van der Waals surface area contributed by atoms with Crippen LogP contribution in [-0.4, -0.2) is 87.1 Å². The maximum Gasteiger partial charge on any atom is 0.407 e. The number of nitrogens with zero attached hydrogens (tertiary/aromatic N) is 4. The van der Waals surface area contributed by atoms with Crippen LogP contribution in [0.2, 0.25) is 0 Å². The highest BCUT2D eigenvalue weighted by molar-refractivity contribution is 5.92. The smallest absolute Gasteiger partial charge is 0.407 e. The van der Waals surface area contributed by atoms with Gasteiger partial charge in [0, 0.05) is 18.7 Å². The first-order chi connectivity index (χ1) is 30.0. The first kappa shape index (κ1) is 41.8. The van der Waals surface area contributed by atoms with Gasteiger partial charge in [-0.1, -0.05) is 92.7 Å². The lowest BCUT2D eigenvalue weighted by Gasteiger charge is -2.35. The van der Waals surface area contributed by atoms with E-state index in [1.165, 1.54) is 14.2 Å². The van der Waals surface area contributed by atoms with Crippen molar-refractivity contribution < 1.29 is 28.7 Å². The summed E-state index contributed by atoms with van der Waals surface area (Å²) < 4.78 is 9.67. The Kier molecular flexibility index (Phi) is 11.8. The Morgan fingerprint density at radius 2 is 1.23 bits per heavy atom. The topological polar surface area (TPSA) is 175 Å². The molecule has 2 aliphatic rings. The number of aromatic amines is 2. The second-order valence-electron chi connectivity index (χ2n) is 16.5. The third-order valence-corrected chi connectivity index (χ3v) is 12.3. The Labute approximate surface area is 360 Å². The zero-order chi connectivity index (χ0) is 43.5. The van der Waals surface area contributed by atoms with Gasteiger partial charge in [-0.2, -0.15) is 0 Å². The normalized spacial score (nSPS) is 17.8. The fourth-order valence-corrected chi connectivity index (χ4v) is 8.79. The van der Waals surface area contributed by atoms with Gasteiger partial charge in [0.25, 0.3) is 5.91 Å². The molecule has 2 saturated heterocycles. The number of hydrogen-bond donors (Lipinski definition) is 4. The van der Waals surface area contributed by atoms with E-state index in [0.717, 1.165) is 75.9 Å². The number of fused-ring (bicyclic) bond motifs is 1. The van der Waals surface area contributed by atoms with Gasteiger partial charge >= 0.3 is 12.2 Å². The molecule has 4 amide bonds. The van der Waals surface area contributed by atoms with Crippen molar-refractivity contribution in [2.75, 3.05) is 27.3 Å². The van der Waals surface area contributed by atoms with E-state index in [-0.39, 0.29) is 29.8 Å². The number of alkyl carbamates (subject to hydrolysis) is 2. The fourth-order valence-electron chi connectivity index (χ4n) is 8.79. The van der Waals surface area contributed by atoms with Gasteiger partial charge in [0.05, 0.1) is 50.1 Å². The van der Waals surface area contributed by atoms with E-state index in [9.17, 15) is 19.2 Å². The third-order valence-electron chi connectivity index (χ3n) is 12.3. The lowest BCUT2D eigenvalue weighted by Crippen LogP contribution is -2.55. The Morgan fingerprint density at radius 1 is 0.694 bits per heavy atom. The van der Waals surface area contributed by atoms with Gasteiger partial charge in [0.1, 0.15) is 23.2 Å². The highest BCUT2D eigenvalue weighted by Gasteiger charge is 2.45. The summed E-state index contributed by atoms with van der Waals surface area (Å²) in [6.45, 7) is 6.65. The number of carbonyl (C=O) groups is 4. The number of methoxy groups -OCH3 is 2. The number of ether oxygens (including phenoxy) is 2. The molecule has 4 N–H and O–H groups in total. The minimum absolute atomic E-state index is 0.109. The molecule has 14 heteroatoms. The lowest BCUT2D eigenvalue weighted by molar-refractivity contribution is -0.139. The van der Waals surface area contributed by atoms with Crippen molar-refractivity contribution in [1.82, 2.24) is 40.4 Å². The van der Waals surface area contributed by atoms with Gasteiger partial charge < -0.3 is 39.9 Å². The molecule has 0 spiro atoms. The van der Waals surface area contributed by atoms with Crippen LogP contribution in [0.1, 0.15) is 75.8 Å². The van der Waals surface area contributed by atoms with Gasteiger partial charge in [-0.05, 0) is 83.7 Å². The molecule has 4 heterocycles. The Morgan fingerprint density at radius 3 is 1.84 bits per heavy atom. The van der Waals surface area contributed by atoms with Gasteiger partial charge in [-0.3, -0.25) is 9.59 Å². The lowest BCUT2D eigenvalue weighted by atomic mass is 9.90. The summed E-state index contributed by atoms with van der Waals surface area (Å²) >= 11 is 0. The molecule has 0 saturated carbocycles. The van der Waals surface area contributed by atoms with E-state index in [0.29, 0.717) is 24.5 Å². The number of benzene rings is 4. The molecule has 2 aliphatic heterocycles. The van der Waals surface area contributed by atoms with Crippen LogP contribution < -0.4 is 10.6 Å². The highest BCUT2D eigenvalue weighted by Crippen LogP contribution is 2.37. The first-order valence-electron chi connectivity index (χ1n) is 21.1. The van der Waals surface area contributed by atoms with Crippen LogP contribution in [0.3, 0.4) is 0 Å². The molecule has 2 aromatic heterocycles. The number of carbonyl (C=O) groups excluding carboxylic acids is 4. The van der Waals surface area contributed by atoms with Crippen LogP contribution in [-0.2, 0) is 24.6 Å². The van der Waals surface area contributed by atoms with E-state index >= 15 is 0 Å². The largest absolute Gasteiger partial charge is 0.453 e. The van der Waals surface area contributed by atoms with E-state index in [2.05, 4.69) is 81.3 Å². The molecule has 0 radical (unpaired) electrons. The van der Waals surface area contributed by atoms with Gasteiger partial charge in [-0.15, -0.1) is 0 Å². The molecule has 320 valence electrons. The number of nitrogens with one attached hydrogen (secondary N) is 4. The number of rotatable bonds is 11. The van der Waals surface area contributed by atoms with Crippen LogP contribution in [0, 0.1) is 5.92 Å². The molecule has 4 aromatic carbocycles. The summed E-state index contributed by atoms with van der Waals surface area (Å²) in [7, 11) is 2.58. The summed E-state index contributed by atoms with van der Waals surface area (Å²) in [5, 5.41) is 7.68. The monoisotopic (exact) mass is 836 g/mol.